The van der Waals surface area contributed by atoms with Crippen molar-refractivity contribution in [3.63, 3.8) is 0 Å². The maximum absolute atomic E-state index is 13.2. The van der Waals surface area contributed by atoms with E-state index in [0.29, 0.717) is 12.4 Å². The number of anilines is 1. The first-order chi connectivity index (χ1) is 10.1. The van der Waals surface area contributed by atoms with Crippen LogP contribution in [0.2, 0.25) is 0 Å². The monoisotopic (exact) mass is 291 g/mol. The topological polar surface area (TPSA) is 54.0 Å². The lowest BCUT2D eigenvalue weighted by atomic mass is 10.2. The zero-order valence-electron chi connectivity index (χ0n) is 11.5. The molecule has 0 atom stereocenters. The van der Waals surface area contributed by atoms with Gasteiger partial charge in [-0.15, -0.1) is 0 Å². The van der Waals surface area contributed by atoms with Gasteiger partial charge < -0.3 is 10.6 Å². The minimum absolute atomic E-state index is 0.138. The molecule has 21 heavy (non-hydrogen) atoms. The lowest BCUT2D eigenvalue weighted by Gasteiger charge is -2.10. The molecule has 0 aliphatic heterocycles. The Kier molecular flexibility index (Phi) is 4.81. The van der Waals surface area contributed by atoms with Gasteiger partial charge in [0.1, 0.15) is 17.5 Å². The van der Waals surface area contributed by atoms with Gasteiger partial charge in [0, 0.05) is 13.1 Å². The lowest BCUT2D eigenvalue weighted by molar-refractivity contribution is 0.0951. The predicted molar refractivity (Wildman–Crippen MR) is 75.9 cm³/mol. The van der Waals surface area contributed by atoms with E-state index in [-0.39, 0.29) is 17.9 Å². The minimum atomic E-state index is -0.580. The van der Waals surface area contributed by atoms with E-state index in [1.54, 1.807) is 12.1 Å². The maximum atomic E-state index is 13.2. The first-order valence-corrected chi connectivity index (χ1v) is 6.52. The summed E-state index contributed by atoms with van der Waals surface area (Å²) in [5.74, 6) is -1.03. The predicted octanol–water partition coefficient (Wildman–Crippen LogP) is 2.72. The fourth-order valence-corrected chi connectivity index (χ4v) is 1.80. The number of pyridine rings is 1. The van der Waals surface area contributed by atoms with Crippen molar-refractivity contribution < 1.29 is 13.6 Å². The van der Waals surface area contributed by atoms with Crippen LogP contribution in [0, 0.1) is 11.6 Å². The average Bonchev–Trinajstić information content (AvgIpc) is 2.48. The number of halogens is 2. The van der Waals surface area contributed by atoms with E-state index in [1.165, 1.54) is 12.1 Å². The summed E-state index contributed by atoms with van der Waals surface area (Å²) >= 11 is 0. The number of amides is 1. The molecule has 0 bridgehead atoms. The zero-order chi connectivity index (χ0) is 15.2. The maximum Gasteiger partial charge on any atom is 0.255 e. The highest BCUT2D eigenvalue weighted by atomic mass is 19.1. The third-order valence-corrected chi connectivity index (χ3v) is 2.81. The van der Waals surface area contributed by atoms with Crippen LogP contribution >= 0.6 is 0 Å². The van der Waals surface area contributed by atoms with Gasteiger partial charge in [-0.2, -0.15) is 0 Å². The summed E-state index contributed by atoms with van der Waals surface area (Å²) in [4.78, 5) is 16.0. The molecule has 0 spiro atoms. The van der Waals surface area contributed by atoms with Crippen LogP contribution in [-0.2, 0) is 6.54 Å². The van der Waals surface area contributed by atoms with Crippen molar-refractivity contribution in [2.45, 2.75) is 13.5 Å². The third-order valence-electron chi connectivity index (χ3n) is 2.81. The average molecular weight is 291 g/mol. The second-order valence-corrected chi connectivity index (χ2v) is 4.39. The molecule has 0 saturated carbocycles. The highest BCUT2D eigenvalue weighted by Crippen LogP contribution is 2.13. The number of nitrogens with zero attached hydrogens (tertiary/aromatic N) is 1. The van der Waals surface area contributed by atoms with Crippen molar-refractivity contribution >= 4 is 11.7 Å². The lowest BCUT2D eigenvalue weighted by Crippen LogP contribution is -2.24. The molecule has 0 aliphatic rings. The molecular formula is C15H15F2N3O. The van der Waals surface area contributed by atoms with Gasteiger partial charge in [0.05, 0.1) is 11.8 Å². The molecule has 0 unspecified atom stereocenters. The molecule has 0 radical (unpaired) electrons. The van der Waals surface area contributed by atoms with E-state index in [2.05, 4.69) is 15.6 Å². The standard InChI is InChI=1S/C15H15F2N3O/c1-2-18-14-13(7-12(17)9-19-14)15(21)20-8-10-3-5-11(16)6-4-10/h3-7,9H,2,8H2,1H3,(H,18,19)(H,20,21). The normalized spacial score (nSPS) is 10.2. The van der Waals surface area contributed by atoms with Gasteiger partial charge in [0.25, 0.3) is 5.91 Å². The number of aromatic nitrogens is 1. The molecule has 1 aromatic heterocycles. The van der Waals surface area contributed by atoms with Gasteiger partial charge in [-0.1, -0.05) is 12.1 Å². The molecule has 6 heteroatoms. The molecule has 4 nitrogen and oxygen atoms in total. The molecule has 0 fully saturated rings. The summed E-state index contributed by atoms with van der Waals surface area (Å²) < 4.78 is 26.0. The molecule has 2 N–H and O–H groups in total. The van der Waals surface area contributed by atoms with Crippen molar-refractivity contribution in [2.24, 2.45) is 0 Å². The summed E-state index contributed by atoms with van der Waals surface area (Å²) in [6.45, 7) is 2.64. The SMILES string of the molecule is CCNc1ncc(F)cc1C(=O)NCc1ccc(F)cc1. The number of hydrogen-bond donors (Lipinski definition) is 2. The number of carbonyl (C=O) groups is 1. The van der Waals surface area contributed by atoms with Crippen LogP contribution in [-0.4, -0.2) is 17.4 Å². The minimum Gasteiger partial charge on any atom is -0.370 e. The van der Waals surface area contributed by atoms with Gasteiger partial charge >= 0.3 is 0 Å². The van der Waals surface area contributed by atoms with Gasteiger partial charge in [0.2, 0.25) is 0 Å². The third kappa shape index (κ3) is 3.98. The quantitative estimate of drug-likeness (QED) is 0.890. The second-order valence-electron chi connectivity index (χ2n) is 4.39. The molecule has 1 amide bonds. The summed E-state index contributed by atoms with van der Waals surface area (Å²) in [6.07, 6.45) is 1.05. The van der Waals surface area contributed by atoms with Crippen molar-refractivity contribution in [1.29, 1.82) is 0 Å². The smallest absolute Gasteiger partial charge is 0.255 e. The Morgan fingerprint density at radius 3 is 2.57 bits per heavy atom. The Bertz CT molecular complexity index is 629. The van der Waals surface area contributed by atoms with Crippen LogP contribution < -0.4 is 10.6 Å². The molecule has 110 valence electrons. The van der Waals surface area contributed by atoms with Crippen LogP contribution in [0.3, 0.4) is 0 Å². The first kappa shape index (κ1) is 14.9. The first-order valence-electron chi connectivity index (χ1n) is 6.52. The van der Waals surface area contributed by atoms with E-state index in [9.17, 15) is 13.6 Å². The molecule has 0 saturated heterocycles. The highest BCUT2D eigenvalue weighted by molar-refractivity contribution is 5.98. The highest BCUT2D eigenvalue weighted by Gasteiger charge is 2.13. The number of benzene rings is 1. The molecule has 2 rings (SSSR count). The van der Waals surface area contributed by atoms with E-state index < -0.39 is 11.7 Å². The molecule has 1 heterocycles. The molecule has 1 aromatic carbocycles. The van der Waals surface area contributed by atoms with Crippen LogP contribution in [0.5, 0.6) is 0 Å². The van der Waals surface area contributed by atoms with Gasteiger partial charge in [-0.05, 0) is 30.7 Å². The molecule has 0 aliphatic carbocycles. The zero-order valence-corrected chi connectivity index (χ0v) is 11.5. The summed E-state index contributed by atoms with van der Waals surface area (Å²) in [5.41, 5.74) is 0.887. The summed E-state index contributed by atoms with van der Waals surface area (Å²) in [7, 11) is 0. The van der Waals surface area contributed by atoms with Crippen LogP contribution in [0.15, 0.2) is 36.5 Å². The van der Waals surface area contributed by atoms with Crippen molar-refractivity contribution in [1.82, 2.24) is 10.3 Å². The van der Waals surface area contributed by atoms with E-state index in [0.717, 1.165) is 17.8 Å². The Labute approximate surface area is 121 Å². The number of rotatable bonds is 5. The number of nitrogens with one attached hydrogen (secondary N) is 2. The van der Waals surface area contributed by atoms with E-state index in [4.69, 9.17) is 0 Å². The molecule has 2 aromatic rings. The van der Waals surface area contributed by atoms with Crippen molar-refractivity contribution in [3.8, 4) is 0 Å². The van der Waals surface area contributed by atoms with Crippen LogP contribution in [0.1, 0.15) is 22.8 Å². The van der Waals surface area contributed by atoms with Gasteiger partial charge in [0.15, 0.2) is 0 Å². The second kappa shape index (κ2) is 6.78. The Balaban J connectivity index is 2.09. The largest absolute Gasteiger partial charge is 0.370 e. The van der Waals surface area contributed by atoms with E-state index in [1.807, 2.05) is 6.92 Å². The fourth-order valence-electron chi connectivity index (χ4n) is 1.80. The van der Waals surface area contributed by atoms with E-state index >= 15 is 0 Å². The van der Waals surface area contributed by atoms with Crippen molar-refractivity contribution in [2.75, 3.05) is 11.9 Å². The van der Waals surface area contributed by atoms with Gasteiger partial charge in [-0.25, -0.2) is 13.8 Å². The molecular weight excluding hydrogens is 276 g/mol. The van der Waals surface area contributed by atoms with Crippen LogP contribution in [0.25, 0.3) is 0 Å². The van der Waals surface area contributed by atoms with Crippen LogP contribution in [0.4, 0.5) is 14.6 Å². The summed E-state index contributed by atoms with van der Waals surface area (Å²) in [5, 5.41) is 5.55. The summed E-state index contributed by atoms with van der Waals surface area (Å²) in [6, 6.07) is 6.91. The number of hydrogen-bond acceptors (Lipinski definition) is 3. The Morgan fingerprint density at radius 1 is 1.19 bits per heavy atom. The Hall–Kier alpha value is -2.50. The fraction of sp³-hybridized carbons (Fsp3) is 0.200. The van der Waals surface area contributed by atoms with Crippen molar-refractivity contribution in [3.05, 3.63) is 59.3 Å². The Morgan fingerprint density at radius 2 is 1.90 bits per heavy atom. The van der Waals surface area contributed by atoms with Gasteiger partial charge in [-0.3, -0.25) is 4.79 Å². The number of carbonyl (C=O) groups excluding carboxylic acids is 1.